The first-order valence-corrected chi connectivity index (χ1v) is 12.6. The van der Waals surface area contributed by atoms with Gasteiger partial charge in [-0.05, 0) is 25.7 Å². The molecule has 0 amide bonds. The molecule has 1 unspecified atom stereocenters. The van der Waals surface area contributed by atoms with Crippen LogP contribution in [0, 0.1) is 0 Å². The van der Waals surface area contributed by atoms with Crippen molar-refractivity contribution in [3.8, 4) is 0 Å². The van der Waals surface area contributed by atoms with Gasteiger partial charge in [0.15, 0.2) is 0 Å². The molecule has 0 saturated carbocycles. The van der Waals surface area contributed by atoms with E-state index in [4.69, 9.17) is 9.47 Å². The molecule has 0 aromatic rings. The molecule has 0 fully saturated rings. The van der Waals surface area contributed by atoms with Crippen molar-refractivity contribution < 1.29 is 19.1 Å². The van der Waals surface area contributed by atoms with E-state index >= 15 is 0 Å². The molecule has 0 bridgehead atoms. The fourth-order valence-electron chi connectivity index (χ4n) is 3.18. The van der Waals surface area contributed by atoms with Gasteiger partial charge in [-0.25, -0.2) is 0 Å². The lowest BCUT2D eigenvalue weighted by atomic mass is 10.1. The average molecular weight is 429 g/mol. The van der Waals surface area contributed by atoms with E-state index in [9.17, 15) is 9.59 Å². The Bertz CT molecular complexity index is 401. The van der Waals surface area contributed by atoms with Crippen LogP contribution in [0.1, 0.15) is 103 Å². The summed E-state index contributed by atoms with van der Waals surface area (Å²) in [5, 5.41) is 0.340. The second-order valence-electron chi connectivity index (χ2n) is 7.60. The van der Waals surface area contributed by atoms with Crippen LogP contribution >= 0.6 is 11.8 Å². The van der Waals surface area contributed by atoms with Crippen LogP contribution in [0.2, 0.25) is 0 Å². The average Bonchev–Trinajstić information content (AvgIpc) is 2.73. The molecular weight excluding hydrogens is 384 g/mol. The summed E-state index contributed by atoms with van der Waals surface area (Å²) in [6, 6.07) is 0. The van der Waals surface area contributed by atoms with Crippen LogP contribution < -0.4 is 0 Å². The van der Waals surface area contributed by atoms with Gasteiger partial charge >= 0.3 is 11.9 Å². The van der Waals surface area contributed by atoms with E-state index in [0.29, 0.717) is 18.1 Å². The van der Waals surface area contributed by atoms with E-state index in [-0.39, 0.29) is 11.9 Å². The molecule has 0 aromatic carbocycles. The Kier molecular flexibility index (Phi) is 21.0. The van der Waals surface area contributed by atoms with Gasteiger partial charge in [0.05, 0.1) is 20.6 Å². The van der Waals surface area contributed by atoms with E-state index in [0.717, 1.165) is 25.0 Å². The maximum Gasteiger partial charge on any atom is 0.306 e. The lowest BCUT2D eigenvalue weighted by Crippen LogP contribution is -2.07. The third-order valence-corrected chi connectivity index (χ3v) is 6.30. The summed E-state index contributed by atoms with van der Waals surface area (Å²) in [4.78, 5) is 22.6. The number of allylic oxidation sites excluding steroid dienone is 1. The summed E-state index contributed by atoms with van der Waals surface area (Å²) in [5.74, 6) is 0.427. The number of thioether (sulfide) groups is 1. The summed E-state index contributed by atoms with van der Waals surface area (Å²) < 4.78 is 9.42. The molecule has 0 radical (unpaired) electrons. The van der Waals surface area contributed by atoms with Crippen molar-refractivity contribution >= 4 is 23.7 Å². The molecular formula is C24H44O4S. The smallest absolute Gasteiger partial charge is 0.306 e. The van der Waals surface area contributed by atoms with Gasteiger partial charge in [-0.1, -0.05) is 76.9 Å². The molecule has 0 spiro atoms. The third-order valence-electron chi connectivity index (χ3n) is 5.04. The summed E-state index contributed by atoms with van der Waals surface area (Å²) in [5.41, 5.74) is 0. The van der Waals surface area contributed by atoms with Crippen molar-refractivity contribution in [2.45, 2.75) is 108 Å². The summed E-state index contributed by atoms with van der Waals surface area (Å²) in [6.07, 6.45) is 21.8. The lowest BCUT2D eigenvalue weighted by molar-refractivity contribution is -0.141. The van der Waals surface area contributed by atoms with Gasteiger partial charge < -0.3 is 9.47 Å². The van der Waals surface area contributed by atoms with Gasteiger partial charge in [0.2, 0.25) is 0 Å². The number of methoxy groups -OCH3 is 2. The zero-order chi connectivity index (χ0) is 21.6. The van der Waals surface area contributed by atoms with Crippen molar-refractivity contribution in [2.75, 3.05) is 20.0 Å². The highest BCUT2D eigenvalue weighted by molar-refractivity contribution is 8.00. The van der Waals surface area contributed by atoms with Gasteiger partial charge in [0.1, 0.15) is 0 Å². The van der Waals surface area contributed by atoms with Gasteiger partial charge in [-0.2, -0.15) is 11.8 Å². The zero-order valence-electron chi connectivity index (χ0n) is 19.1. The van der Waals surface area contributed by atoms with Crippen molar-refractivity contribution in [1.82, 2.24) is 0 Å². The molecule has 0 aliphatic heterocycles. The molecule has 0 aliphatic carbocycles. The molecule has 0 rings (SSSR count). The number of hydrogen-bond acceptors (Lipinski definition) is 5. The minimum Gasteiger partial charge on any atom is -0.469 e. The van der Waals surface area contributed by atoms with E-state index in [1.165, 1.54) is 78.4 Å². The van der Waals surface area contributed by atoms with Crippen molar-refractivity contribution in [1.29, 1.82) is 0 Å². The van der Waals surface area contributed by atoms with Gasteiger partial charge in [-0.3, -0.25) is 9.59 Å². The minimum atomic E-state index is -0.167. The molecule has 5 heteroatoms. The Hall–Kier alpha value is -0.970. The summed E-state index contributed by atoms with van der Waals surface area (Å²) in [6.45, 7) is 2.26. The number of esters is 2. The Morgan fingerprint density at radius 3 is 1.93 bits per heavy atom. The van der Waals surface area contributed by atoms with Crippen LogP contribution in [0.5, 0.6) is 0 Å². The van der Waals surface area contributed by atoms with Crippen LogP contribution in [0.4, 0.5) is 0 Å². The fourth-order valence-corrected chi connectivity index (χ4v) is 4.32. The monoisotopic (exact) mass is 428 g/mol. The second kappa shape index (κ2) is 21.7. The molecule has 29 heavy (non-hydrogen) atoms. The van der Waals surface area contributed by atoms with Crippen molar-refractivity contribution in [2.24, 2.45) is 0 Å². The number of carbonyl (C=O) groups excluding carboxylic acids is 2. The van der Waals surface area contributed by atoms with Gasteiger partial charge in [0.25, 0.3) is 0 Å². The van der Waals surface area contributed by atoms with Crippen LogP contribution in [-0.2, 0) is 19.1 Å². The van der Waals surface area contributed by atoms with Crippen LogP contribution in [0.3, 0.4) is 0 Å². The molecule has 0 saturated heterocycles. The van der Waals surface area contributed by atoms with Gasteiger partial charge in [-0.15, -0.1) is 0 Å². The van der Waals surface area contributed by atoms with Gasteiger partial charge in [0, 0.05) is 17.4 Å². The highest BCUT2D eigenvalue weighted by Gasteiger charge is 2.09. The number of rotatable bonds is 20. The Morgan fingerprint density at radius 2 is 1.34 bits per heavy atom. The Morgan fingerprint density at radius 1 is 0.793 bits per heavy atom. The highest BCUT2D eigenvalue weighted by atomic mass is 32.2. The first-order chi connectivity index (χ1) is 14.1. The lowest BCUT2D eigenvalue weighted by Gasteiger charge is -2.12. The number of unbranched alkanes of at least 4 members (excludes halogenated alkanes) is 10. The topological polar surface area (TPSA) is 52.6 Å². The molecule has 170 valence electrons. The van der Waals surface area contributed by atoms with E-state index < -0.39 is 0 Å². The molecule has 0 heterocycles. The van der Waals surface area contributed by atoms with E-state index in [1.807, 2.05) is 0 Å². The number of carbonyl (C=O) groups is 2. The fraction of sp³-hybridized carbons (Fsp3) is 0.833. The Labute approximate surface area is 183 Å². The molecule has 1 atom stereocenters. The van der Waals surface area contributed by atoms with E-state index in [2.05, 4.69) is 19.1 Å². The molecule has 0 aliphatic rings. The number of ether oxygens (including phenoxy) is 2. The standard InChI is InChI=1S/C24H44O4S/c1-4-5-6-7-8-9-10-11-12-13-14-15-17-22(18-16-19-23(25)27-2)29-21-20-24(26)28-3/h15,17,22H,4-14,16,18-21H2,1-3H3/b17-15-. The molecule has 0 N–H and O–H groups in total. The van der Waals surface area contributed by atoms with Crippen molar-refractivity contribution in [3.05, 3.63) is 12.2 Å². The van der Waals surface area contributed by atoms with Crippen LogP contribution in [-0.4, -0.2) is 37.2 Å². The summed E-state index contributed by atoms with van der Waals surface area (Å²) >= 11 is 1.77. The van der Waals surface area contributed by atoms with Crippen LogP contribution in [0.15, 0.2) is 12.2 Å². The highest BCUT2D eigenvalue weighted by Crippen LogP contribution is 2.21. The van der Waals surface area contributed by atoms with E-state index in [1.54, 1.807) is 11.8 Å². The van der Waals surface area contributed by atoms with Crippen LogP contribution in [0.25, 0.3) is 0 Å². The van der Waals surface area contributed by atoms with Crippen molar-refractivity contribution in [3.63, 3.8) is 0 Å². The number of hydrogen-bond donors (Lipinski definition) is 0. The summed E-state index contributed by atoms with van der Waals surface area (Å²) in [7, 11) is 2.85. The minimum absolute atomic E-state index is 0.155. The zero-order valence-corrected chi connectivity index (χ0v) is 19.9. The predicted molar refractivity (Wildman–Crippen MR) is 124 cm³/mol. The first-order valence-electron chi connectivity index (χ1n) is 11.6. The molecule has 0 aromatic heterocycles. The SMILES string of the molecule is CCCCCCCCCCCC/C=C\C(CCCC(=O)OC)SCCC(=O)OC. The first kappa shape index (κ1) is 28.0. The largest absolute Gasteiger partial charge is 0.469 e. The maximum absolute atomic E-state index is 11.3. The maximum atomic E-state index is 11.3. The Balaban J connectivity index is 3.91. The second-order valence-corrected chi connectivity index (χ2v) is 8.95. The third kappa shape index (κ3) is 20.1. The quantitative estimate of drug-likeness (QED) is 0.120. The normalized spacial score (nSPS) is 12.2. The molecule has 4 nitrogen and oxygen atoms in total. The predicted octanol–water partition coefficient (Wildman–Crippen LogP) is 6.86.